The number of esters is 1. The minimum Gasteiger partial charge on any atom is -0.465 e. The Morgan fingerprint density at radius 3 is 2.36 bits per heavy atom. The van der Waals surface area contributed by atoms with Crippen molar-refractivity contribution >= 4 is 11.7 Å². The Balaban J connectivity index is 2.80. The Hall–Kier alpha value is -1.35. The summed E-state index contributed by atoms with van der Waals surface area (Å²) >= 11 is 0. The summed E-state index contributed by atoms with van der Waals surface area (Å²) in [6.07, 6.45) is 0. The second kappa shape index (κ2) is 4.24. The highest BCUT2D eigenvalue weighted by Crippen LogP contribution is 2.17. The number of rotatable bonds is 3. The molecule has 0 saturated heterocycles. The molecule has 0 atom stereocenters. The number of methoxy groups -OCH3 is 1. The summed E-state index contributed by atoms with van der Waals surface area (Å²) < 4.78 is 5.16. The first-order valence-electron chi connectivity index (χ1n) is 4.51. The van der Waals surface area contributed by atoms with E-state index >= 15 is 0 Å². The third kappa shape index (κ3) is 2.57. The molecule has 0 aromatic heterocycles. The van der Waals surface area contributed by atoms with E-state index in [9.17, 15) is 4.79 Å². The molecule has 1 rings (SSSR count). The first kappa shape index (κ1) is 10.7. The lowest BCUT2D eigenvalue weighted by atomic mass is 10.2. The first-order chi connectivity index (χ1) is 6.56. The van der Waals surface area contributed by atoms with Gasteiger partial charge in [0.25, 0.3) is 0 Å². The minimum absolute atomic E-state index is 0.196. The van der Waals surface area contributed by atoms with E-state index in [1.807, 2.05) is 44.4 Å². The molecule has 76 valence electrons. The Morgan fingerprint density at radius 2 is 1.86 bits per heavy atom. The number of quaternary nitrogens is 1. The van der Waals surface area contributed by atoms with Crippen LogP contribution in [0.2, 0.25) is 0 Å². The van der Waals surface area contributed by atoms with E-state index in [0.717, 1.165) is 5.69 Å². The van der Waals surface area contributed by atoms with Crippen molar-refractivity contribution in [1.82, 2.24) is 4.48 Å². The molecule has 0 aliphatic carbocycles. The highest BCUT2D eigenvalue weighted by Gasteiger charge is 2.22. The van der Waals surface area contributed by atoms with Crippen LogP contribution >= 0.6 is 0 Å². The molecule has 1 aromatic rings. The number of ether oxygens (including phenoxy) is 1. The van der Waals surface area contributed by atoms with E-state index in [4.69, 9.17) is 0 Å². The van der Waals surface area contributed by atoms with Gasteiger partial charge in [0.15, 0.2) is 6.54 Å². The van der Waals surface area contributed by atoms with Gasteiger partial charge >= 0.3 is 5.97 Å². The first-order valence-corrected chi connectivity index (χ1v) is 4.51. The van der Waals surface area contributed by atoms with E-state index in [-0.39, 0.29) is 5.97 Å². The number of hydrogen-bond acceptors (Lipinski definition) is 2. The summed E-state index contributed by atoms with van der Waals surface area (Å²) in [6.45, 7) is 0.348. The van der Waals surface area contributed by atoms with Crippen LogP contribution in [0.5, 0.6) is 0 Å². The highest BCUT2D eigenvalue weighted by atomic mass is 16.5. The normalized spacial score (nSPS) is 11.1. The second-order valence-corrected chi connectivity index (χ2v) is 3.75. The average molecular weight is 194 g/mol. The molecular weight excluding hydrogens is 178 g/mol. The van der Waals surface area contributed by atoms with E-state index in [2.05, 4.69) is 4.74 Å². The quantitative estimate of drug-likeness (QED) is 0.537. The van der Waals surface area contributed by atoms with Crippen LogP contribution < -0.4 is 4.48 Å². The molecule has 0 spiro atoms. The largest absolute Gasteiger partial charge is 0.465 e. The highest BCUT2D eigenvalue weighted by molar-refractivity contribution is 5.74. The fourth-order valence-electron chi connectivity index (χ4n) is 1.31. The maximum Gasteiger partial charge on any atom is 0.361 e. The summed E-state index contributed by atoms with van der Waals surface area (Å²) in [6, 6.07) is 9.90. The predicted molar refractivity (Wildman–Crippen MR) is 57.0 cm³/mol. The average Bonchev–Trinajstić information content (AvgIpc) is 2.18. The molecule has 0 aliphatic rings. The van der Waals surface area contributed by atoms with Crippen LogP contribution in [0.1, 0.15) is 0 Å². The monoisotopic (exact) mass is 194 g/mol. The number of para-hydroxylation sites is 1. The van der Waals surface area contributed by atoms with E-state index in [0.29, 0.717) is 11.0 Å². The number of nitrogens with zero attached hydrogens (tertiary/aromatic N) is 1. The maximum atomic E-state index is 11.2. The van der Waals surface area contributed by atoms with E-state index in [1.165, 1.54) is 7.11 Å². The molecule has 0 radical (unpaired) electrons. The van der Waals surface area contributed by atoms with Crippen LogP contribution in [0.4, 0.5) is 5.69 Å². The van der Waals surface area contributed by atoms with Crippen LogP contribution in [0.3, 0.4) is 0 Å². The third-order valence-electron chi connectivity index (χ3n) is 2.21. The van der Waals surface area contributed by atoms with Gasteiger partial charge in [0, 0.05) is 0 Å². The Kier molecular flexibility index (Phi) is 3.25. The molecule has 14 heavy (non-hydrogen) atoms. The predicted octanol–water partition coefficient (Wildman–Crippen LogP) is 1.43. The molecule has 1 aromatic carbocycles. The Morgan fingerprint density at radius 1 is 1.29 bits per heavy atom. The van der Waals surface area contributed by atoms with Crippen molar-refractivity contribution in [2.45, 2.75) is 0 Å². The van der Waals surface area contributed by atoms with Crippen molar-refractivity contribution in [2.24, 2.45) is 0 Å². The Bertz CT molecular complexity index is 306. The maximum absolute atomic E-state index is 11.2. The number of benzene rings is 1. The molecule has 3 heteroatoms. The smallest absolute Gasteiger partial charge is 0.361 e. The van der Waals surface area contributed by atoms with Crippen LogP contribution in [0.25, 0.3) is 0 Å². The van der Waals surface area contributed by atoms with Gasteiger partial charge in [0.1, 0.15) is 5.69 Å². The van der Waals surface area contributed by atoms with Crippen molar-refractivity contribution in [1.29, 1.82) is 0 Å². The number of carbonyl (C=O) groups is 1. The van der Waals surface area contributed by atoms with Crippen molar-refractivity contribution in [3.8, 4) is 0 Å². The number of likely N-dealkylation sites (N-methyl/N-ethyl adjacent to an activating group) is 1. The zero-order valence-electron chi connectivity index (χ0n) is 8.86. The molecular formula is C11H16NO2+. The van der Waals surface area contributed by atoms with Crippen LogP contribution in [0.15, 0.2) is 30.3 Å². The molecule has 3 nitrogen and oxygen atoms in total. The lowest BCUT2D eigenvalue weighted by Crippen LogP contribution is -2.45. The lowest BCUT2D eigenvalue weighted by molar-refractivity contribution is -0.141. The van der Waals surface area contributed by atoms with Gasteiger partial charge in [-0.15, -0.1) is 0 Å². The van der Waals surface area contributed by atoms with Crippen molar-refractivity contribution < 1.29 is 9.53 Å². The fraction of sp³-hybridized carbons (Fsp3) is 0.364. The standard InChI is InChI=1S/C11H16NO2/c1-12(2,9-11(13)14-3)10-7-5-4-6-8-10/h4-8H,9H2,1-3H3/q+1. The summed E-state index contributed by atoms with van der Waals surface area (Å²) in [5.74, 6) is -0.196. The van der Waals surface area contributed by atoms with Crippen LogP contribution in [-0.4, -0.2) is 33.7 Å². The van der Waals surface area contributed by atoms with Gasteiger partial charge in [-0.05, 0) is 12.1 Å². The lowest BCUT2D eigenvalue weighted by Gasteiger charge is -2.27. The molecule has 0 N–H and O–H groups in total. The van der Waals surface area contributed by atoms with Gasteiger partial charge in [-0.3, -0.25) is 4.48 Å². The van der Waals surface area contributed by atoms with Gasteiger partial charge in [0.05, 0.1) is 21.2 Å². The molecule has 0 fully saturated rings. The molecule has 0 heterocycles. The molecule has 0 aliphatic heterocycles. The summed E-state index contributed by atoms with van der Waals surface area (Å²) in [4.78, 5) is 11.2. The van der Waals surface area contributed by atoms with Gasteiger partial charge in [-0.2, -0.15) is 0 Å². The zero-order chi connectivity index (χ0) is 10.6. The number of carbonyl (C=O) groups excluding carboxylic acids is 1. The van der Waals surface area contributed by atoms with Crippen molar-refractivity contribution in [2.75, 3.05) is 27.7 Å². The van der Waals surface area contributed by atoms with Crippen molar-refractivity contribution in [3.63, 3.8) is 0 Å². The van der Waals surface area contributed by atoms with E-state index in [1.54, 1.807) is 0 Å². The molecule has 0 bridgehead atoms. The van der Waals surface area contributed by atoms with Crippen molar-refractivity contribution in [3.05, 3.63) is 30.3 Å². The minimum atomic E-state index is -0.196. The molecule has 0 unspecified atom stereocenters. The molecule has 0 amide bonds. The van der Waals surface area contributed by atoms with Gasteiger partial charge in [0.2, 0.25) is 0 Å². The van der Waals surface area contributed by atoms with Gasteiger partial charge in [-0.1, -0.05) is 18.2 Å². The van der Waals surface area contributed by atoms with Gasteiger partial charge < -0.3 is 4.74 Å². The van der Waals surface area contributed by atoms with Crippen LogP contribution in [0, 0.1) is 0 Å². The fourth-order valence-corrected chi connectivity index (χ4v) is 1.31. The summed E-state index contributed by atoms with van der Waals surface area (Å²) in [5.41, 5.74) is 1.10. The summed E-state index contributed by atoms with van der Waals surface area (Å²) in [5, 5.41) is 0. The SMILES string of the molecule is COC(=O)C[N+](C)(C)c1ccccc1. The van der Waals surface area contributed by atoms with Gasteiger partial charge in [-0.25, -0.2) is 4.79 Å². The summed E-state index contributed by atoms with van der Waals surface area (Å²) in [7, 11) is 5.37. The number of hydrogen-bond donors (Lipinski definition) is 0. The second-order valence-electron chi connectivity index (χ2n) is 3.75. The topological polar surface area (TPSA) is 26.3 Å². The third-order valence-corrected chi connectivity index (χ3v) is 2.21. The van der Waals surface area contributed by atoms with E-state index < -0.39 is 0 Å². The Labute approximate surface area is 84.5 Å². The molecule has 0 saturated carbocycles. The van der Waals surface area contributed by atoms with Crippen LogP contribution in [-0.2, 0) is 9.53 Å². The zero-order valence-corrected chi connectivity index (χ0v) is 8.86.